The maximum Gasteiger partial charge on any atom is 0.0664 e. The number of fused-ring (bicyclic) bond motifs is 1. The molecular formula is C12H20O. The minimum Gasteiger partial charge on any atom is -0.371 e. The zero-order valence-electron chi connectivity index (χ0n) is 9.08. The van der Waals surface area contributed by atoms with Crippen molar-refractivity contribution in [2.75, 3.05) is 0 Å². The number of rotatable bonds is 0. The van der Waals surface area contributed by atoms with Gasteiger partial charge < -0.3 is 4.74 Å². The van der Waals surface area contributed by atoms with Gasteiger partial charge in [-0.05, 0) is 49.9 Å². The normalized spacial score (nSPS) is 61.8. The van der Waals surface area contributed by atoms with Crippen LogP contribution < -0.4 is 0 Å². The second-order valence-electron chi connectivity index (χ2n) is 5.99. The molecule has 74 valence electrons. The monoisotopic (exact) mass is 180 g/mol. The fourth-order valence-electron chi connectivity index (χ4n) is 4.77. The van der Waals surface area contributed by atoms with E-state index in [0.717, 1.165) is 29.6 Å². The molecule has 3 fully saturated rings. The molecule has 1 saturated heterocycles. The van der Waals surface area contributed by atoms with Crippen molar-refractivity contribution in [3.05, 3.63) is 0 Å². The van der Waals surface area contributed by atoms with E-state index in [0.29, 0.717) is 6.10 Å². The molecule has 0 radical (unpaired) electrons. The summed E-state index contributed by atoms with van der Waals surface area (Å²) in [5.74, 6) is 4.41. The van der Waals surface area contributed by atoms with E-state index in [4.69, 9.17) is 4.74 Å². The van der Waals surface area contributed by atoms with Crippen LogP contribution in [-0.4, -0.2) is 11.7 Å². The third-order valence-corrected chi connectivity index (χ3v) is 5.11. The van der Waals surface area contributed by atoms with Gasteiger partial charge in [-0.15, -0.1) is 0 Å². The summed E-state index contributed by atoms with van der Waals surface area (Å²) in [7, 11) is 0. The highest BCUT2D eigenvalue weighted by Crippen LogP contribution is 2.64. The second-order valence-corrected chi connectivity index (χ2v) is 5.99. The Morgan fingerprint density at radius 1 is 1.08 bits per heavy atom. The van der Waals surface area contributed by atoms with Gasteiger partial charge in [0.25, 0.3) is 0 Å². The summed E-state index contributed by atoms with van der Waals surface area (Å²) in [6, 6.07) is 0. The van der Waals surface area contributed by atoms with Gasteiger partial charge >= 0.3 is 0 Å². The second kappa shape index (κ2) is 2.13. The first-order chi connectivity index (χ1) is 6.02. The van der Waals surface area contributed by atoms with Crippen LogP contribution in [0.1, 0.15) is 34.1 Å². The molecule has 2 saturated carbocycles. The van der Waals surface area contributed by atoms with Gasteiger partial charge in [0.1, 0.15) is 0 Å². The van der Waals surface area contributed by atoms with E-state index in [1.165, 1.54) is 6.42 Å². The average Bonchev–Trinajstić information content (AvgIpc) is 2.54. The van der Waals surface area contributed by atoms with Crippen LogP contribution in [0, 0.1) is 29.6 Å². The van der Waals surface area contributed by atoms with Crippen LogP contribution in [0.15, 0.2) is 0 Å². The Hall–Kier alpha value is -0.0400. The Kier molecular flexibility index (Phi) is 1.36. The van der Waals surface area contributed by atoms with Gasteiger partial charge in [0.2, 0.25) is 0 Å². The average molecular weight is 180 g/mol. The van der Waals surface area contributed by atoms with Gasteiger partial charge in [-0.3, -0.25) is 0 Å². The van der Waals surface area contributed by atoms with Gasteiger partial charge in [-0.1, -0.05) is 13.8 Å². The van der Waals surface area contributed by atoms with Crippen molar-refractivity contribution in [2.24, 2.45) is 29.6 Å². The van der Waals surface area contributed by atoms with Gasteiger partial charge in [0.15, 0.2) is 0 Å². The highest BCUT2D eigenvalue weighted by molar-refractivity contribution is 5.12. The highest BCUT2D eigenvalue weighted by atomic mass is 16.5. The van der Waals surface area contributed by atoms with Crippen molar-refractivity contribution in [1.82, 2.24) is 0 Å². The van der Waals surface area contributed by atoms with Crippen LogP contribution >= 0.6 is 0 Å². The molecular weight excluding hydrogens is 160 g/mol. The third kappa shape index (κ3) is 0.782. The first-order valence-corrected chi connectivity index (χ1v) is 5.70. The molecule has 2 aliphatic carbocycles. The van der Waals surface area contributed by atoms with Crippen molar-refractivity contribution in [3.63, 3.8) is 0 Å². The van der Waals surface area contributed by atoms with Crippen LogP contribution in [-0.2, 0) is 4.74 Å². The summed E-state index contributed by atoms with van der Waals surface area (Å²) in [5.41, 5.74) is 0.161. The summed E-state index contributed by atoms with van der Waals surface area (Å²) >= 11 is 0. The molecule has 1 aliphatic heterocycles. The molecule has 0 aromatic carbocycles. The first-order valence-electron chi connectivity index (χ1n) is 5.70. The lowest BCUT2D eigenvalue weighted by Gasteiger charge is -2.31. The summed E-state index contributed by atoms with van der Waals surface area (Å²) in [5, 5.41) is 0. The molecule has 13 heavy (non-hydrogen) atoms. The Bertz CT molecular complexity index is 246. The Morgan fingerprint density at radius 2 is 1.77 bits per heavy atom. The predicted molar refractivity (Wildman–Crippen MR) is 52.4 cm³/mol. The van der Waals surface area contributed by atoms with Crippen LogP contribution in [0.2, 0.25) is 0 Å². The van der Waals surface area contributed by atoms with Gasteiger partial charge in [-0.2, -0.15) is 0 Å². The Balaban J connectivity index is 2.04. The van der Waals surface area contributed by atoms with E-state index < -0.39 is 0 Å². The van der Waals surface area contributed by atoms with Gasteiger partial charge in [0, 0.05) is 0 Å². The van der Waals surface area contributed by atoms with Crippen molar-refractivity contribution in [1.29, 1.82) is 0 Å². The van der Waals surface area contributed by atoms with E-state index in [9.17, 15) is 0 Å². The molecule has 3 aliphatic rings. The van der Waals surface area contributed by atoms with Crippen molar-refractivity contribution < 1.29 is 4.74 Å². The molecule has 2 bridgehead atoms. The number of ether oxygens (including phenoxy) is 1. The fraction of sp³-hybridized carbons (Fsp3) is 1.00. The topological polar surface area (TPSA) is 9.23 Å². The Morgan fingerprint density at radius 3 is 2.38 bits per heavy atom. The third-order valence-electron chi connectivity index (χ3n) is 5.11. The Labute approximate surface area is 80.8 Å². The SMILES string of the molecule is CC1C2CC3C1OC(C)(C)C3C2C. The summed E-state index contributed by atoms with van der Waals surface area (Å²) in [6.07, 6.45) is 2.04. The largest absolute Gasteiger partial charge is 0.371 e. The molecule has 1 heterocycles. The predicted octanol–water partition coefficient (Wildman–Crippen LogP) is 2.70. The maximum absolute atomic E-state index is 6.21. The van der Waals surface area contributed by atoms with E-state index in [2.05, 4.69) is 27.7 Å². The quantitative estimate of drug-likeness (QED) is 0.557. The molecule has 6 atom stereocenters. The summed E-state index contributed by atoms with van der Waals surface area (Å²) in [4.78, 5) is 0. The molecule has 0 N–H and O–H groups in total. The van der Waals surface area contributed by atoms with Crippen LogP contribution in [0.3, 0.4) is 0 Å². The van der Waals surface area contributed by atoms with E-state index in [1.54, 1.807) is 0 Å². The minimum atomic E-state index is 0.161. The van der Waals surface area contributed by atoms with Crippen LogP contribution in [0.25, 0.3) is 0 Å². The standard InChI is InChI=1S/C12H20O/c1-6-8-5-9-10(6)12(3,4)13-11(9)7(8)2/h6-11H,5H2,1-4H3. The molecule has 3 rings (SSSR count). The zero-order valence-corrected chi connectivity index (χ0v) is 9.08. The molecule has 0 aromatic heterocycles. The lowest BCUT2D eigenvalue weighted by Crippen LogP contribution is -2.34. The van der Waals surface area contributed by atoms with Gasteiger partial charge in [0.05, 0.1) is 11.7 Å². The van der Waals surface area contributed by atoms with Crippen LogP contribution in [0.5, 0.6) is 0 Å². The fourth-order valence-corrected chi connectivity index (χ4v) is 4.77. The smallest absolute Gasteiger partial charge is 0.0664 e. The zero-order chi connectivity index (χ0) is 9.38. The molecule has 1 heteroatoms. The lowest BCUT2D eigenvalue weighted by atomic mass is 9.71. The van der Waals surface area contributed by atoms with Crippen molar-refractivity contribution in [3.8, 4) is 0 Å². The van der Waals surface area contributed by atoms with Crippen LogP contribution in [0.4, 0.5) is 0 Å². The molecule has 0 amide bonds. The molecule has 6 unspecified atom stereocenters. The molecule has 0 aromatic rings. The minimum absolute atomic E-state index is 0.161. The summed E-state index contributed by atoms with van der Waals surface area (Å²) in [6.45, 7) is 9.42. The highest BCUT2D eigenvalue weighted by Gasteiger charge is 2.65. The van der Waals surface area contributed by atoms with E-state index in [-0.39, 0.29) is 5.60 Å². The van der Waals surface area contributed by atoms with Gasteiger partial charge in [-0.25, -0.2) is 0 Å². The molecule has 0 spiro atoms. The van der Waals surface area contributed by atoms with Crippen molar-refractivity contribution in [2.45, 2.75) is 45.8 Å². The lowest BCUT2D eigenvalue weighted by molar-refractivity contribution is -0.0391. The van der Waals surface area contributed by atoms with E-state index >= 15 is 0 Å². The maximum atomic E-state index is 6.21. The van der Waals surface area contributed by atoms with E-state index in [1.807, 2.05) is 0 Å². The first kappa shape index (κ1) is 8.28. The molecule has 1 nitrogen and oxygen atoms in total. The number of hydrogen-bond acceptors (Lipinski definition) is 1. The van der Waals surface area contributed by atoms with Crippen molar-refractivity contribution >= 4 is 0 Å². The number of hydrogen-bond donors (Lipinski definition) is 0. The summed E-state index contributed by atoms with van der Waals surface area (Å²) < 4.78 is 6.21.